The van der Waals surface area contributed by atoms with E-state index in [4.69, 9.17) is 11.6 Å². The SMILES string of the molecule is CCc1nn(CC)c(CC(O)c2ccc(SC)cc2)c1Cl. The Bertz CT molecular complexity index is 595. The number of nitrogens with zero attached hydrogens (tertiary/aromatic N) is 2. The number of aryl methyl sites for hydroxylation is 2. The summed E-state index contributed by atoms with van der Waals surface area (Å²) >= 11 is 8.08. The van der Waals surface area contributed by atoms with Gasteiger partial charge in [0.05, 0.1) is 22.5 Å². The van der Waals surface area contributed by atoms with Crippen molar-refractivity contribution in [3.8, 4) is 0 Å². The number of rotatable bonds is 6. The molecule has 3 nitrogen and oxygen atoms in total. The minimum Gasteiger partial charge on any atom is -0.388 e. The highest BCUT2D eigenvalue weighted by Crippen LogP contribution is 2.27. The highest BCUT2D eigenvalue weighted by molar-refractivity contribution is 7.98. The zero-order chi connectivity index (χ0) is 15.4. The first-order chi connectivity index (χ1) is 10.1. The second kappa shape index (κ2) is 7.34. The summed E-state index contributed by atoms with van der Waals surface area (Å²) in [5, 5.41) is 15.6. The molecule has 0 bridgehead atoms. The molecule has 1 aromatic carbocycles. The van der Waals surface area contributed by atoms with E-state index in [0.717, 1.165) is 29.9 Å². The molecule has 0 radical (unpaired) electrons. The second-order valence-electron chi connectivity index (χ2n) is 4.87. The quantitative estimate of drug-likeness (QED) is 0.812. The van der Waals surface area contributed by atoms with E-state index in [1.54, 1.807) is 11.8 Å². The largest absolute Gasteiger partial charge is 0.388 e. The van der Waals surface area contributed by atoms with Gasteiger partial charge in [-0.15, -0.1) is 11.8 Å². The summed E-state index contributed by atoms with van der Waals surface area (Å²) in [4.78, 5) is 1.19. The number of hydrogen-bond donors (Lipinski definition) is 1. The molecule has 0 spiro atoms. The molecule has 0 saturated carbocycles. The molecule has 1 aromatic heterocycles. The van der Waals surface area contributed by atoms with Crippen molar-refractivity contribution in [3.05, 3.63) is 46.2 Å². The highest BCUT2D eigenvalue weighted by atomic mass is 35.5. The van der Waals surface area contributed by atoms with E-state index in [1.807, 2.05) is 49.1 Å². The summed E-state index contributed by atoms with van der Waals surface area (Å²) in [5.41, 5.74) is 2.72. The normalized spacial score (nSPS) is 12.6. The Morgan fingerprint density at radius 3 is 2.48 bits per heavy atom. The molecular weight excluding hydrogens is 304 g/mol. The van der Waals surface area contributed by atoms with Crippen LogP contribution in [0.15, 0.2) is 29.2 Å². The van der Waals surface area contributed by atoms with Gasteiger partial charge in [0.2, 0.25) is 0 Å². The summed E-state index contributed by atoms with van der Waals surface area (Å²) in [5.74, 6) is 0. The molecule has 2 aromatic rings. The molecule has 114 valence electrons. The lowest BCUT2D eigenvalue weighted by Crippen LogP contribution is -2.08. The van der Waals surface area contributed by atoms with Gasteiger partial charge in [0.25, 0.3) is 0 Å². The van der Waals surface area contributed by atoms with Gasteiger partial charge < -0.3 is 5.11 Å². The van der Waals surface area contributed by atoms with Gasteiger partial charge in [0.15, 0.2) is 0 Å². The van der Waals surface area contributed by atoms with Crippen LogP contribution in [-0.2, 0) is 19.4 Å². The van der Waals surface area contributed by atoms with Gasteiger partial charge >= 0.3 is 0 Å². The van der Waals surface area contributed by atoms with Crippen LogP contribution < -0.4 is 0 Å². The number of benzene rings is 1. The first kappa shape index (κ1) is 16.4. The fraction of sp³-hybridized carbons (Fsp3) is 0.438. The van der Waals surface area contributed by atoms with Crippen molar-refractivity contribution >= 4 is 23.4 Å². The molecule has 1 atom stereocenters. The Kier molecular flexibility index (Phi) is 5.73. The second-order valence-corrected chi connectivity index (χ2v) is 6.13. The van der Waals surface area contributed by atoms with Gasteiger partial charge in [-0.1, -0.05) is 30.7 Å². The number of aliphatic hydroxyl groups is 1. The molecule has 1 unspecified atom stereocenters. The monoisotopic (exact) mass is 324 g/mol. The lowest BCUT2D eigenvalue weighted by molar-refractivity contribution is 0.175. The minimum atomic E-state index is -0.565. The van der Waals surface area contributed by atoms with Gasteiger partial charge in [0, 0.05) is 17.9 Å². The van der Waals surface area contributed by atoms with Crippen molar-refractivity contribution in [2.24, 2.45) is 0 Å². The predicted octanol–water partition coefficient (Wildman–Crippen LogP) is 4.12. The first-order valence-electron chi connectivity index (χ1n) is 7.16. The van der Waals surface area contributed by atoms with Crippen LogP contribution >= 0.6 is 23.4 Å². The smallest absolute Gasteiger partial charge is 0.0851 e. The van der Waals surface area contributed by atoms with E-state index in [2.05, 4.69) is 5.10 Å². The topological polar surface area (TPSA) is 38.0 Å². The number of thioether (sulfide) groups is 1. The summed E-state index contributed by atoms with van der Waals surface area (Å²) < 4.78 is 1.89. The van der Waals surface area contributed by atoms with Crippen molar-refractivity contribution in [1.29, 1.82) is 0 Å². The highest BCUT2D eigenvalue weighted by Gasteiger charge is 2.18. The molecular formula is C16H21ClN2OS. The Labute approximate surface area is 135 Å². The molecule has 0 aliphatic rings. The lowest BCUT2D eigenvalue weighted by atomic mass is 10.0. The van der Waals surface area contributed by atoms with Crippen LogP contribution in [0.2, 0.25) is 5.02 Å². The van der Waals surface area contributed by atoms with E-state index < -0.39 is 6.10 Å². The van der Waals surface area contributed by atoms with E-state index in [1.165, 1.54) is 4.90 Å². The fourth-order valence-corrected chi connectivity index (χ4v) is 3.09. The van der Waals surface area contributed by atoms with Crippen LogP contribution in [0.3, 0.4) is 0 Å². The number of aliphatic hydroxyl groups excluding tert-OH is 1. The van der Waals surface area contributed by atoms with Crippen LogP contribution in [-0.4, -0.2) is 21.1 Å². The third-order valence-corrected chi connectivity index (χ3v) is 4.76. The summed E-state index contributed by atoms with van der Waals surface area (Å²) in [6.07, 6.45) is 2.76. The van der Waals surface area contributed by atoms with Crippen molar-refractivity contribution in [3.63, 3.8) is 0 Å². The van der Waals surface area contributed by atoms with Crippen LogP contribution in [0.5, 0.6) is 0 Å². The molecule has 0 aliphatic carbocycles. The predicted molar refractivity (Wildman–Crippen MR) is 89.2 cm³/mol. The average Bonchev–Trinajstić information content (AvgIpc) is 2.83. The van der Waals surface area contributed by atoms with E-state index in [-0.39, 0.29) is 0 Å². The zero-order valence-electron chi connectivity index (χ0n) is 12.6. The number of hydrogen-bond acceptors (Lipinski definition) is 3. The van der Waals surface area contributed by atoms with E-state index in [0.29, 0.717) is 11.4 Å². The van der Waals surface area contributed by atoms with Crippen LogP contribution in [0.1, 0.15) is 36.9 Å². The Balaban J connectivity index is 2.22. The van der Waals surface area contributed by atoms with Crippen LogP contribution in [0.25, 0.3) is 0 Å². The Morgan fingerprint density at radius 1 is 1.29 bits per heavy atom. The van der Waals surface area contributed by atoms with Crippen molar-refractivity contribution in [2.45, 2.75) is 44.2 Å². The molecule has 0 aliphatic heterocycles. The fourth-order valence-electron chi connectivity index (χ4n) is 2.34. The molecule has 5 heteroatoms. The number of aromatic nitrogens is 2. The van der Waals surface area contributed by atoms with Crippen LogP contribution in [0.4, 0.5) is 0 Å². The molecule has 1 heterocycles. The average molecular weight is 325 g/mol. The standard InChI is InChI=1S/C16H21ClN2OS/c1-4-13-16(17)14(19(5-2)18-13)10-15(20)11-6-8-12(21-3)9-7-11/h6-9,15,20H,4-5,10H2,1-3H3. The Morgan fingerprint density at radius 2 is 1.95 bits per heavy atom. The van der Waals surface area contributed by atoms with Crippen LogP contribution in [0, 0.1) is 0 Å². The van der Waals surface area contributed by atoms with E-state index in [9.17, 15) is 5.11 Å². The summed E-state index contributed by atoms with van der Waals surface area (Å²) in [6.45, 7) is 4.83. The third-order valence-electron chi connectivity index (χ3n) is 3.58. The van der Waals surface area contributed by atoms with Crippen molar-refractivity contribution < 1.29 is 5.11 Å². The maximum atomic E-state index is 10.5. The minimum absolute atomic E-state index is 0.484. The lowest BCUT2D eigenvalue weighted by Gasteiger charge is -2.13. The maximum absolute atomic E-state index is 10.5. The maximum Gasteiger partial charge on any atom is 0.0851 e. The first-order valence-corrected chi connectivity index (χ1v) is 8.77. The number of halogens is 1. The van der Waals surface area contributed by atoms with Gasteiger partial charge in [-0.05, 0) is 37.3 Å². The van der Waals surface area contributed by atoms with Gasteiger partial charge in [0.1, 0.15) is 0 Å². The van der Waals surface area contributed by atoms with Gasteiger partial charge in [-0.3, -0.25) is 4.68 Å². The summed E-state index contributed by atoms with van der Waals surface area (Å²) in [6, 6.07) is 7.99. The molecule has 1 N–H and O–H groups in total. The Hall–Kier alpha value is -0.970. The third kappa shape index (κ3) is 3.62. The molecule has 0 amide bonds. The molecule has 0 saturated heterocycles. The summed E-state index contributed by atoms with van der Waals surface area (Å²) in [7, 11) is 0. The van der Waals surface area contributed by atoms with Crippen molar-refractivity contribution in [2.75, 3.05) is 6.26 Å². The van der Waals surface area contributed by atoms with Gasteiger partial charge in [-0.2, -0.15) is 5.10 Å². The van der Waals surface area contributed by atoms with Crippen molar-refractivity contribution in [1.82, 2.24) is 9.78 Å². The zero-order valence-corrected chi connectivity index (χ0v) is 14.2. The molecule has 21 heavy (non-hydrogen) atoms. The van der Waals surface area contributed by atoms with E-state index >= 15 is 0 Å². The van der Waals surface area contributed by atoms with Gasteiger partial charge in [-0.25, -0.2) is 0 Å². The molecule has 2 rings (SSSR count). The molecule has 0 fully saturated rings.